The molecule has 1 atom stereocenters. The fourth-order valence-corrected chi connectivity index (χ4v) is 2.93. The first-order valence-electron chi connectivity index (χ1n) is 6.41. The third kappa shape index (κ3) is 3.16. The van der Waals surface area contributed by atoms with E-state index in [1.54, 1.807) is 0 Å². The van der Waals surface area contributed by atoms with Crippen LogP contribution >= 0.6 is 15.9 Å². The Kier molecular flexibility index (Phi) is 4.28. The van der Waals surface area contributed by atoms with Crippen molar-refractivity contribution >= 4 is 21.8 Å². The van der Waals surface area contributed by atoms with Crippen molar-refractivity contribution in [3.63, 3.8) is 0 Å². The highest BCUT2D eigenvalue weighted by Crippen LogP contribution is 2.25. The minimum atomic E-state index is -1.38. The Balaban J connectivity index is 2.11. The molecular formula is C14H19BrN2O2. The van der Waals surface area contributed by atoms with Crippen LogP contribution in [-0.2, 0) is 11.3 Å². The number of amides is 1. The van der Waals surface area contributed by atoms with Crippen LogP contribution in [0.3, 0.4) is 0 Å². The fraction of sp³-hybridized carbons (Fsp3) is 0.500. The maximum Gasteiger partial charge on any atom is 0.250 e. The van der Waals surface area contributed by atoms with Gasteiger partial charge in [-0.2, -0.15) is 0 Å². The van der Waals surface area contributed by atoms with E-state index < -0.39 is 11.5 Å². The lowest BCUT2D eigenvalue weighted by Gasteiger charge is -2.37. The molecule has 0 bridgehead atoms. The van der Waals surface area contributed by atoms with Crippen LogP contribution in [0.15, 0.2) is 22.7 Å². The summed E-state index contributed by atoms with van der Waals surface area (Å²) in [6.07, 6.45) is 1.24. The molecule has 2 rings (SSSR count). The van der Waals surface area contributed by atoms with E-state index in [-0.39, 0.29) is 0 Å². The number of nitrogens with zero attached hydrogens (tertiary/aromatic N) is 1. The summed E-state index contributed by atoms with van der Waals surface area (Å²) in [5, 5.41) is 10.2. The highest BCUT2D eigenvalue weighted by Gasteiger charge is 2.38. The first-order valence-corrected chi connectivity index (χ1v) is 7.20. The second-order valence-corrected chi connectivity index (χ2v) is 6.09. The van der Waals surface area contributed by atoms with E-state index in [0.29, 0.717) is 13.0 Å². The zero-order valence-corrected chi connectivity index (χ0v) is 12.6. The maximum absolute atomic E-state index is 11.3. The molecule has 1 amide bonds. The van der Waals surface area contributed by atoms with Crippen LogP contribution in [-0.4, -0.2) is 34.6 Å². The Morgan fingerprint density at radius 3 is 3.00 bits per heavy atom. The topological polar surface area (TPSA) is 66.6 Å². The Labute approximate surface area is 121 Å². The molecule has 1 aromatic carbocycles. The van der Waals surface area contributed by atoms with Crippen molar-refractivity contribution in [2.24, 2.45) is 5.73 Å². The van der Waals surface area contributed by atoms with E-state index in [4.69, 9.17) is 5.73 Å². The Morgan fingerprint density at radius 1 is 1.58 bits per heavy atom. The smallest absolute Gasteiger partial charge is 0.250 e. The molecule has 4 nitrogen and oxygen atoms in total. The van der Waals surface area contributed by atoms with Crippen molar-refractivity contribution in [2.45, 2.75) is 31.9 Å². The number of piperidine rings is 1. The van der Waals surface area contributed by atoms with E-state index in [1.165, 1.54) is 11.1 Å². The van der Waals surface area contributed by atoms with Gasteiger partial charge in [-0.15, -0.1) is 0 Å². The summed E-state index contributed by atoms with van der Waals surface area (Å²) < 4.78 is 1.08. The number of carbonyl (C=O) groups excluding carboxylic acids is 1. The van der Waals surface area contributed by atoms with Gasteiger partial charge in [-0.3, -0.25) is 9.69 Å². The number of likely N-dealkylation sites (tertiary alicyclic amines) is 1. The minimum absolute atomic E-state index is 0.314. The van der Waals surface area contributed by atoms with Crippen LogP contribution in [0.4, 0.5) is 0 Å². The number of hydrogen-bond acceptors (Lipinski definition) is 3. The van der Waals surface area contributed by atoms with Crippen LogP contribution < -0.4 is 5.73 Å². The Morgan fingerprint density at radius 2 is 2.32 bits per heavy atom. The summed E-state index contributed by atoms with van der Waals surface area (Å²) in [6.45, 7) is 3.97. The number of rotatable bonds is 3. The van der Waals surface area contributed by atoms with E-state index >= 15 is 0 Å². The van der Waals surface area contributed by atoms with Gasteiger partial charge in [0.25, 0.3) is 5.91 Å². The molecule has 104 valence electrons. The fourth-order valence-electron chi connectivity index (χ4n) is 2.52. The molecule has 1 heterocycles. The van der Waals surface area contributed by atoms with Crippen molar-refractivity contribution in [1.82, 2.24) is 4.90 Å². The standard InChI is InChI=1S/C14H19BrN2O2/c1-10-11(4-2-5-12(10)15)8-17-7-3-6-14(19,9-17)13(16)18/h2,4-5,19H,3,6-9H2,1H3,(H2,16,18). The molecule has 1 aliphatic rings. The second-order valence-electron chi connectivity index (χ2n) is 5.23. The summed E-state index contributed by atoms with van der Waals surface area (Å²) in [4.78, 5) is 13.4. The largest absolute Gasteiger partial charge is 0.379 e. The van der Waals surface area contributed by atoms with E-state index in [9.17, 15) is 9.90 Å². The predicted molar refractivity (Wildman–Crippen MR) is 77.5 cm³/mol. The summed E-state index contributed by atoms with van der Waals surface area (Å²) in [5.74, 6) is -0.622. The molecule has 1 aliphatic heterocycles. The molecule has 3 N–H and O–H groups in total. The maximum atomic E-state index is 11.3. The van der Waals surface area contributed by atoms with Gasteiger partial charge < -0.3 is 10.8 Å². The normalized spacial score (nSPS) is 24.4. The van der Waals surface area contributed by atoms with Crippen molar-refractivity contribution in [3.05, 3.63) is 33.8 Å². The highest BCUT2D eigenvalue weighted by atomic mass is 79.9. The number of aliphatic hydroxyl groups is 1. The van der Waals surface area contributed by atoms with Crippen LogP contribution in [0, 0.1) is 6.92 Å². The number of β-amino-alcohol motifs (C(OH)–C–C–N with tert-alkyl or cyclic N) is 1. The molecule has 0 aromatic heterocycles. The van der Waals surface area contributed by atoms with E-state index in [1.807, 2.05) is 12.1 Å². The zero-order chi connectivity index (χ0) is 14.0. The van der Waals surface area contributed by atoms with Gasteiger partial charge in [0.05, 0.1) is 0 Å². The van der Waals surface area contributed by atoms with Gasteiger partial charge >= 0.3 is 0 Å². The van der Waals surface area contributed by atoms with Gasteiger partial charge in [-0.1, -0.05) is 28.1 Å². The van der Waals surface area contributed by atoms with Crippen LogP contribution in [0.25, 0.3) is 0 Å². The molecule has 1 aromatic rings. The lowest BCUT2D eigenvalue weighted by molar-refractivity contribution is -0.142. The van der Waals surface area contributed by atoms with Gasteiger partial charge in [-0.25, -0.2) is 0 Å². The summed E-state index contributed by atoms with van der Waals surface area (Å²) in [5.41, 5.74) is 6.30. The summed E-state index contributed by atoms with van der Waals surface area (Å²) >= 11 is 3.51. The number of nitrogens with two attached hydrogens (primary N) is 1. The first kappa shape index (κ1) is 14.5. The molecule has 1 saturated heterocycles. The number of benzene rings is 1. The van der Waals surface area contributed by atoms with Gasteiger partial charge in [0.2, 0.25) is 0 Å². The highest BCUT2D eigenvalue weighted by molar-refractivity contribution is 9.10. The lowest BCUT2D eigenvalue weighted by Crippen LogP contribution is -2.55. The molecule has 0 aliphatic carbocycles. The van der Waals surface area contributed by atoms with Crippen molar-refractivity contribution in [3.8, 4) is 0 Å². The number of primary amides is 1. The van der Waals surface area contributed by atoms with Crippen LogP contribution in [0.1, 0.15) is 24.0 Å². The predicted octanol–water partition coefficient (Wildman–Crippen LogP) is 1.57. The summed E-state index contributed by atoms with van der Waals surface area (Å²) in [7, 11) is 0. The molecule has 0 radical (unpaired) electrons. The molecule has 0 saturated carbocycles. The molecule has 0 spiro atoms. The molecular weight excluding hydrogens is 308 g/mol. The third-order valence-corrected chi connectivity index (χ3v) is 4.64. The first-order chi connectivity index (χ1) is 8.92. The second kappa shape index (κ2) is 5.61. The Hall–Kier alpha value is -0.910. The minimum Gasteiger partial charge on any atom is -0.379 e. The Bertz CT molecular complexity index is 492. The van der Waals surface area contributed by atoms with Crippen LogP contribution in [0.5, 0.6) is 0 Å². The monoisotopic (exact) mass is 326 g/mol. The lowest BCUT2D eigenvalue weighted by atomic mass is 9.91. The van der Waals surface area contributed by atoms with Crippen molar-refractivity contribution < 1.29 is 9.90 Å². The number of carbonyl (C=O) groups is 1. The van der Waals surface area contributed by atoms with Gasteiger partial charge in [-0.05, 0) is 43.5 Å². The van der Waals surface area contributed by atoms with Crippen molar-refractivity contribution in [1.29, 1.82) is 0 Å². The van der Waals surface area contributed by atoms with Crippen molar-refractivity contribution in [2.75, 3.05) is 13.1 Å². The average molecular weight is 327 g/mol. The third-order valence-electron chi connectivity index (χ3n) is 3.78. The van der Waals surface area contributed by atoms with Gasteiger partial charge in [0.15, 0.2) is 5.60 Å². The molecule has 1 fully saturated rings. The number of hydrogen-bond donors (Lipinski definition) is 2. The van der Waals surface area contributed by atoms with Gasteiger partial charge in [0, 0.05) is 17.6 Å². The van der Waals surface area contributed by atoms with Gasteiger partial charge in [0.1, 0.15) is 0 Å². The SMILES string of the molecule is Cc1c(Br)cccc1CN1CCCC(O)(C(N)=O)C1. The molecule has 19 heavy (non-hydrogen) atoms. The van der Waals surface area contributed by atoms with E-state index in [2.05, 4.69) is 33.8 Å². The quantitative estimate of drug-likeness (QED) is 0.886. The molecule has 1 unspecified atom stereocenters. The van der Waals surface area contributed by atoms with E-state index in [0.717, 1.165) is 24.0 Å². The molecule has 5 heteroatoms. The van der Waals surface area contributed by atoms with Crippen LogP contribution in [0.2, 0.25) is 0 Å². The zero-order valence-electron chi connectivity index (χ0n) is 11.0. The summed E-state index contributed by atoms with van der Waals surface area (Å²) in [6, 6.07) is 6.07. The average Bonchev–Trinajstić information content (AvgIpc) is 2.35. The number of halogens is 1.